The molecule has 1 aromatic heterocycles. The van der Waals surface area contributed by atoms with Crippen LogP contribution in [0.5, 0.6) is 0 Å². The van der Waals surface area contributed by atoms with E-state index in [0.717, 1.165) is 17.4 Å². The second kappa shape index (κ2) is 6.36. The fraction of sp³-hybridized carbons (Fsp3) is 0.231. The molecule has 2 rings (SSSR count). The number of benzene rings is 1. The Morgan fingerprint density at radius 1 is 1.11 bits per heavy atom. The first-order chi connectivity index (χ1) is 9.08. The first-order valence-electron chi connectivity index (χ1n) is 5.94. The van der Waals surface area contributed by atoms with Crippen molar-refractivity contribution in [1.82, 2.24) is 9.29 Å². The maximum absolute atomic E-state index is 12.0. The quantitative estimate of drug-likeness (QED) is 0.820. The van der Waals surface area contributed by atoms with Crippen molar-refractivity contribution in [1.29, 1.82) is 0 Å². The van der Waals surface area contributed by atoms with Gasteiger partial charge in [-0.05, 0) is 42.8 Å². The molecule has 0 amide bonds. The number of sulfonamides is 1. The topological polar surface area (TPSA) is 51.1 Å². The van der Waals surface area contributed by atoms with Gasteiger partial charge in [-0.15, -0.1) is 0 Å². The molecule has 4 nitrogen and oxygen atoms in total. The minimum Gasteiger partial charge on any atom is -0.354 e. The number of halogens is 1. The molecular weight excluding hydrogens is 328 g/mol. The summed E-state index contributed by atoms with van der Waals surface area (Å²) >= 11 is 3.28. The molecule has 0 aliphatic heterocycles. The summed E-state index contributed by atoms with van der Waals surface area (Å²) in [5.74, 6) is 0. The summed E-state index contributed by atoms with van der Waals surface area (Å²) in [6.07, 6.45) is 4.68. The van der Waals surface area contributed by atoms with E-state index in [1.54, 1.807) is 24.3 Å². The lowest BCUT2D eigenvalue weighted by atomic mass is 10.4. The molecule has 102 valence electrons. The zero-order valence-corrected chi connectivity index (χ0v) is 12.7. The summed E-state index contributed by atoms with van der Waals surface area (Å²) < 4.78 is 29.4. The summed E-state index contributed by atoms with van der Waals surface area (Å²) in [7, 11) is -3.40. The predicted molar refractivity (Wildman–Crippen MR) is 78.4 cm³/mol. The lowest BCUT2D eigenvalue weighted by Crippen LogP contribution is -2.25. The highest BCUT2D eigenvalue weighted by Crippen LogP contribution is 2.14. The Kier molecular flexibility index (Phi) is 4.79. The van der Waals surface area contributed by atoms with E-state index >= 15 is 0 Å². The smallest absolute Gasteiger partial charge is 0.240 e. The van der Waals surface area contributed by atoms with Gasteiger partial charge in [-0.3, -0.25) is 0 Å². The van der Waals surface area contributed by atoms with Crippen LogP contribution in [-0.2, 0) is 16.6 Å². The zero-order valence-electron chi connectivity index (χ0n) is 10.3. The highest BCUT2D eigenvalue weighted by atomic mass is 79.9. The molecule has 0 spiro atoms. The van der Waals surface area contributed by atoms with E-state index in [9.17, 15) is 8.42 Å². The van der Waals surface area contributed by atoms with Crippen molar-refractivity contribution in [2.24, 2.45) is 0 Å². The monoisotopic (exact) mass is 342 g/mol. The third-order valence-corrected chi connectivity index (χ3v) is 4.68. The van der Waals surface area contributed by atoms with Crippen LogP contribution in [0, 0.1) is 0 Å². The second-order valence-electron chi connectivity index (χ2n) is 4.13. The summed E-state index contributed by atoms with van der Waals surface area (Å²) in [6.45, 7) is 1.23. The Labute approximate surface area is 121 Å². The van der Waals surface area contributed by atoms with E-state index in [-0.39, 0.29) is 4.90 Å². The molecule has 0 bridgehead atoms. The molecular formula is C13H15BrN2O2S. The van der Waals surface area contributed by atoms with E-state index < -0.39 is 10.0 Å². The van der Waals surface area contributed by atoms with Gasteiger partial charge in [0.1, 0.15) is 0 Å². The van der Waals surface area contributed by atoms with Crippen molar-refractivity contribution >= 4 is 26.0 Å². The van der Waals surface area contributed by atoms with Crippen LogP contribution in [0.1, 0.15) is 6.42 Å². The SMILES string of the molecule is O=S(=O)(NCCCn1cccc1)c1ccc(Br)cc1. The number of aryl methyl sites for hydroxylation is 1. The molecule has 0 aliphatic carbocycles. The van der Waals surface area contributed by atoms with Crippen LogP contribution in [0.25, 0.3) is 0 Å². The Balaban J connectivity index is 1.86. The maximum atomic E-state index is 12.0. The maximum Gasteiger partial charge on any atom is 0.240 e. The lowest BCUT2D eigenvalue weighted by molar-refractivity contribution is 0.570. The van der Waals surface area contributed by atoms with E-state index in [2.05, 4.69) is 20.7 Å². The van der Waals surface area contributed by atoms with Crippen LogP contribution in [0.2, 0.25) is 0 Å². The van der Waals surface area contributed by atoms with Crippen LogP contribution in [-0.4, -0.2) is 19.5 Å². The van der Waals surface area contributed by atoms with E-state index in [4.69, 9.17) is 0 Å². The summed E-state index contributed by atoms with van der Waals surface area (Å²) in [6, 6.07) is 10.5. The first-order valence-corrected chi connectivity index (χ1v) is 8.21. The molecule has 2 aromatic rings. The van der Waals surface area contributed by atoms with Crippen LogP contribution in [0.15, 0.2) is 58.2 Å². The third kappa shape index (κ3) is 4.19. The number of rotatable bonds is 6. The molecule has 1 heterocycles. The van der Waals surface area contributed by atoms with Gasteiger partial charge in [0.2, 0.25) is 10.0 Å². The molecule has 0 atom stereocenters. The molecule has 19 heavy (non-hydrogen) atoms. The molecule has 0 fully saturated rings. The molecule has 1 aromatic carbocycles. The second-order valence-corrected chi connectivity index (χ2v) is 6.81. The highest BCUT2D eigenvalue weighted by Gasteiger charge is 2.12. The molecule has 0 radical (unpaired) electrons. The number of hydrogen-bond donors (Lipinski definition) is 1. The average molecular weight is 343 g/mol. The van der Waals surface area contributed by atoms with Crippen molar-refractivity contribution in [3.63, 3.8) is 0 Å². The van der Waals surface area contributed by atoms with Gasteiger partial charge in [0.15, 0.2) is 0 Å². The Morgan fingerprint density at radius 2 is 1.74 bits per heavy atom. The largest absolute Gasteiger partial charge is 0.354 e. The molecule has 0 unspecified atom stereocenters. The zero-order chi connectivity index (χ0) is 13.7. The summed E-state index contributed by atoms with van der Waals surface area (Å²) in [5.41, 5.74) is 0. The predicted octanol–water partition coefficient (Wildman–Crippen LogP) is 2.62. The number of nitrogens with zero attached hydrogens (tertiary/aromatic N) is 1. The molecule has 0 aliphatic rings. The van der Waals surface area contributed by atoms with Gasteiger partial charge >= 0.3 is 0 Å². The van der Waals surface area contributed by atoms with E-state index in [1.165, 1.54) is 0 Å². The fourth-order valence-electron chi connectivity index (χ4n) is 1.68. The number of hydrogen-bond acceptors (Lipinski definition) is 2. The van der Waals surface area contributed by atoms with Crippen LogP contribution in [0.3, 0.4) is 0 Å². The minimum absolute atomic E-state index is 0.289. The Morgan fingerprint density at radius 3 is 2.37 bits per heavy atom. The normalized spacial score (nSPS) is 11.6. The average Bonchev–Trinajstić information content (AvgIpc) is 2.88. The minimum atomic E-state index is -3.40. The highest BCUT2D eigenvalue weighted by molar-refractivity contribution is 9.10. The van der Waals surface area contributed by atoms with Crippen LogP contribution in [0.4, 0.5) is 0 Å². The lowest BCUT2D eigenvalue weighted by Gasteiger charge is -2.07. The van der Waals surface area contributed by atoms with Crippen molar-refractivity contribution in [2.75, 3.05) is 6.54 Å². The van der Waals surface area contributed by atoms with E-state index in [1.807, 2.05) is 29.1 Å². The first kappa shape index (κ1) is 14.3. The fourth-order valence-corrected chi connectivity index (χ4v) is 3.02. The Bertz CT molecular complexity index is 607. The summed E-state index contributed by atoms with van der Waals surface area (Å²) in [5, 5.41) is 0. The molecule has 0 saturated carbocycles. The van der Waals surface area contributed by atoms with Crippen molar-refractivity contribution in [3.8, 4) is 0 Å². The van der Waals surface area contributed by atoms with Crippen molar-refractivity contribution < 1.29 is 8.42 Å². The summed E-state index contributed by atoms with van der Waals surface area (Å²) in [4.78, 5) is 0.289. The molecule has 0 saturated heterocycles. The van der Waals surface area contributed by atoms with Gasteiger partial charge in [-0.25, -0.2) is 13.1 Å². The van der Waals surface area contributed by atoms with Crippen molar-refractivity contribution in [2.45, 2.75) is 17.9 Å². The Hall–Kier alpha value is -1.11. The van der Waals surface area contributed by atoms with Gasteiger partial charge in [-0.1, -0.05) is 15.9 Å². The standard InChI is InChI=1S/C13H15BrN2O2S/c14-12-4-6-13(7-5-12)19(17,18)15-8-3-11-16-9-1-2-10-16/h1-2,4-7,9-10,15H,3,8,11H2. The van der Waals surface area contributed by atoms with Gasteiger partial charge in [0.05, 0.1) is 4.90 Å². The van der Waals surface area contributed by atoms with Crippen LogP contribution >= 0.6 is 15.9 Å². The third-order valence-electron chi connectivity index (χ3n) is 2.68. The molecule has 6 heteroatoms. The number of nitrogens with one attached hydrogen (secondary N) is 1. The van der Waals surface area contributed by atoms with Gasteiger partial charge in [0.25, 0.3) is 0 Å². The van der Waals surface area contributed by atoms with Crippen LogP contribution < -0.4 is 4.72 Å². The van der Waals surface area contributed by atoms with Gasteiger partial charge < -0.3 is 4.57 Å². The van der Waals surface area contributed by atoms with E-state index in [0.29, 0.717) is 6.54 Å². The van der Waals surface area contributed by atoms with Crippen molar-refractivity contribution in [3.05, 3.63) is 53.3 Å². The van der Waals surface area contributed by atoms with Gasteiger partial charge in [0, 0.05) is 30.0 Å². The van der Waals surface area contributed by atoms with Gasteiger partial charge in [-0.2, -0.15) is 0 Å². The molecule has 1 N–H and O–H groups in total. The number of aromatic nitrogens is 1.